The third-order valence-electron chi connectivity index (χ3n) is 4.98. The van der Waals surface area contributed by atoms with Gasteiger partial charge in [0.1, 0.15) is 17.5 Å². The molecule has 0 bridgehead atoms. The summed E-state index contributed by atoms with van der Waals surface area (Å²) in [6.07, 6.45) is 5.39. The van der Waals surface area contributed by atoms with Crippen LogP contribution in [-0.2, 0) is 0 Å². The lowest BCUT2D eigenvalue weighted by Crippen LogP contribution is -2.47. The summed E-state index contributed by atoms with van der Waals surface area (Å²) in [6.45, 7) is 3.20. The molecule has 0 unspecified atom stereocenters. The third kappa shape index (κ3) is 4.78. The van der Waals surface area contributed by atoms with Crippen LogP contribution in [0.2, 0.25) is 0 Å². The highest BCUT2D eigenvalue weighted by Crippen LogP contribution is 2.40. The molecule has 1 atom stereocenters. The minimum atomic E-state index is -0.846. The second-order valence-electron chi connectivity index (χ2n) is 6.41. The standard InChI is InChI=1S/C17H23F3N2.2ClH/c18-13-10-14(19)16(15(20)11-13)17(12-4-2-1-3-5-12)22-8-6-21-7-9-22;;/h10-12,17,21H,1-9H2;2*1H/t17-;;/m1../s1. The Hall–Kier alpha value is -0.490. The molecule has 1 saturated carbocycles. The Kier molecular flexibility index (Phi) is 8.85. The van der Waals surface area contributed by atoms with Gasteiger partial charge < -0.3 is 5.32 Å². The van der Waals surface area contributed by atoms with Crippen LogP contribution in [-0.4, -0.2) is 31.1 Å². The van der Waals surface area contributed by atoms with Gasteiger partial charge in [0.25, 0.3) is 0 Å². The van der Waals surface area contributed by atoms with Crippen LogP contribution in [0.4, 0.5) is 13.2 Å². The molecule has 2 nitrogen and oxygen atoms in total. The van der Waals surface area contributed by atoms with Crippen molar-refractivity contribution in [3.8, 4) is 0 Å². The lowest BCUT2D eigenvalue weighted by atomic mass is 9.79. The molecule has 1 heterocycles. The van der Waals surface area contributed by atoms with Gasteiger partial charge in [0.2, 0.25) is 0 Å². The van der Waals surface area contributed by atoms with Gasteiger partial charge in [0.05, 0.1) is 0 Å². The van der Waals surface area contributed by atoms with Gasteiger partial charge in [-0.3, -0.25) is 4.90 Å². The quantitative estimate of drug-likeness (QED) is 0.826. The molecular weight excluding hydrogens is 360 g/mol. The minimum Gasteiger partial charge on any atom is -0.314 e. The molecule has 0 amide bonds. The van der Waals surface area contributed by atoms with Gasteiger partial charge in [0.15, 0.2) is 0 Å². The van der Waals surface area contributed by atoms with Crippen molar-refractivity contribution in [1.29, 1.82) is 0 Å². The zero-order valence-electron chi connectivity index (χ0n) is 13.6. The molecule has 0 radical (unpaired) electrons. The number of piperazine rings is 1. The van der Waals surface area contributed by atoms with E-state index in [1.54, 1.807) is 0 Å². The number of hydrogen-bond donors (Lipinski definition) is 1. The van der Waals surface area contributed by atoms with E-state index in [0.29, 0.717) is 0 Å². The summed E-state index contributed by atoms with van der Waals surface area (Å²) in [4.78, 5) is 2.17. The molecule has 1 aromatic rings. The maximum absolute atomic E-state index is 14.3. The number of nitrogens with one attached hydrogen (secondary N) is 1. The highest BCUT2D eigenvalue weighted by Gasteiger charge is 2.34. The van der Waals surface area contributed by atoms with Gasteiger partial charge in [-0.25, -0.2) is 13.2 Å². The minimum absolute atomic E-state index is 0. The highest BCUT2D eigenvalue weighted by atomic mass is 35.5. The highest BCUT2D eigenvalue weighted by molar-refractivity contribution is 5.85. The molecule has 24 heavy (non-hydrogen) atoms. The van der Waals surface area contributed by atoms with Crippen LogP contribution < -0.4 is 5.32 Å². The molecule has 1 aliphatic carbocycles. The third-order valence-corrected chi connectivity index (χ3v) is 4.98. The van der Waals surface area contributed by atoms with Crippen LogP contribution in [0.5, 0.6) is 0 Å². The van der Waals surface area contributed by atoms with Crippen molar-refractivity contribution >= 4 is 24.8 Å². The summed E-state index contributed by atoms with van der Waals surface area (Å²) >= 11 is 0. The van der Waals surface area contributed by atoms with E-state index in [4.69, 9.17) is 0 Å². The summed E-state index contributed by atoms with van der Waals surface area (Å²) in [6, 6.07) is 1.36. The van der Waals surface area contributed by atoms with Crippen LogP contribution in [0.1, 0.15) is 43.7 Å². The van der Waals surface area contributed by atoms with Crippen molar-refractivity contribution in [3.05, 3.63) is 35.1 Å². The second kappa shape index (κ2) is 9.85. The first-order valence-corrected chi connectivity index (χ1v) is 8.26. The van der Waals surface area contributed by atoms with Gasteiger partial charge in [-0.15, -0.1) is 24.8 Å². The Bertz CT molecular complexity index is 478. The van der Waals surface area contributed by atoms with Crippen molar-refractivity contribution < 1.29 is 13.2 Å². The number of halogens is 5. The van der Waals surface area contributed by atoms with Crippen molar-refractivity contribution in [3.63, 3.8) is 0 Å². The normalized spacial score (nSPS) is 20.8. The summed E-state index contributed by atoms with van der Waals surface area (Å²) in [5.74, 6) is -2.08. The predicted octanol–water partition coefficient (Wildman–Crippen LogP) is 4.47. The van der Waals surface area contributed by atoms with E-state index in [9.17, 15) is 13.2 Å². The molecule has 2 fully saturated rings. The second-order valence-corrected chi connectivity index (χ2v) is 6.41. The zero-order chi connectivity index (χ0) is 15.5. The molecular formula is C17H25Cl2F3N2. The zero-order valence-corrected chi connectivity index (χ0v) is 15.2. The fourth-order valence-corrected chi connectivity index (χ4v) is 3.96. The van der Waals surface area contributed by atoms with Crippen LogP contribution >= 0.6 is 24.8 Å². The molecule has 1 N–H and O–H groups in total. The lowest BCUT2D eigenvalue weighted by Gasteiger charge is -2.41. The van der Waals surface area contributed by atoms with Crippen molar-refractivity contribution in [2.24, 2.45) is 5.92 Å². The molecule has 0 aromatic heterocycles. The fourth-order valence-electron chi connectivity index (χ4n) is 3.96. The number of hydrogen-bond acceptors (Lipinski definition) is 2. The molecule has 3 rings (SSSR count). The van der Waals surface area contributed by atoms with Crippen LogP contribution in [0.25, 0.3) is 0 Å². The van der Waals surface area contributed by atoms with E-state index < -0.39 is 17.5 Å². The number of benzene rings is 1. The van der Waals surface area contributed by atoms with E-state index in [-0.39, 0.29) is 42.3 Å². The molecule has 1 aromatic carbocycles. The maximum Gasteiger partial charge on any atom is 0.133 e. The van der Waals surface area contributed by atoms with Crippen molar-refractivity contribution in [2.75, 3.05) is 26.2 Å². The summed E-state index contributed by atoms with van der Waals surface area (Å²) in [7, 11) is 0. The smallest absolute Gasteiger partial charge is 0.133 e. The van der Waals surface area contributed by atoms with Crippen LogP contribution in [0.3, 0.4) is 0 Å². The van der Waals surface area contributed by atoms with E-state index in [1.165, 1.54) is 6.42 Å². The molecule has 138 valence electrons. The predicted molar refractivity (Wildman–Crippen MR) is 94.6 cm³/mol. The lowest BCUT2D eigenvalue weighted by molar-refractivity contribution is 0.0975. The molecule has 7 heteroatoms. The number of rotatable bonds is 3. The average molecular weight is 385 g/mol. The summed E-state index contributed by atoms with van der Waals surface area (Å²) < 4.78 is 42.0. The Balaban J connectivity index is 0.00000144. The molecule has 0 spiro atoms. The topological polar surface area (TPSA) is 15.3 Å². The largest absolute Gasteiger partial charge is 0.314 e. The van der Waals surface area contributed by atoms with Crippen molar-refractivity contribution in [2.45, 2.75) is 38.1 Å². The van der Waals surface area contributed by atoms with Crippen molar-refractivity contribution in [1.82, 2.24) is 10.2 Å². The molecule has 1 saturated heterocycles. The Morgan fingerprint density at radius 2 is 1.46 bits per heavy atom. The SMILES string of the molecule is Cl.Cl.Fc1cc(F)c([C@@H](C2CCCCC2)N2CCNCC2)c(F)c1. The van der Waals surface area contributed by atoms with Gasteiger partial charge in [-0.1, -0.05) is 19.3 Å². The average Bonchev–Trinajstić information content (AvgIpc) is 2.52. The Labute approximate surface area is 154 Å². The molecule has 2 aliphatic rings. The van der Waals surface area contributed by atoms with Gasteiger partial charge in [-0.2, -0.15) is 0 Å². The monoisotopic (exact) mass is 384 g/mol. The van der Waals surface area contributed by atoms with E-state index in [2.05, 4.69) is 10.2 Å². The van der Waals surface area contributed by atoms with Gasteiger partial charge in [0, 0.05) is 49.9 Å². The van der Waals surface area contributed by atoms with Crippen LogP contribution in [0, 0.1) is 23.4 Å². The van der Waals surface area contributed by atoms with Gasteiger partial charge >= 0.3 is 0 Å². The Morgan fingerprint density at radius 3 is 2.00 bits per heavy atom. The first kappa shape index (κ1) is 21.6. The first-order valence-electron chi connectivity index (χ1n) is 8.26. The van der Waals surface area contributed by atoms with E-state index >= 15 is 0 Å². The summed E-state index contributed by atoms with van der Waals surface area (Å²) in [5.41, 5.74) is 0.0650. The van der Waals surface area contributed by atoms with E-state index in [0.717, 1.165) is 64.0 Å². The fraction of sp³-hybridized carbons (Fsp3) is 0.647. The summed E-state index contributed by atoms with van der Waals surface area (Å²) in [5, 5.41) is 3.27. The van der Waals surface area contributed by atoms with Gasteiger partial charge in [-0.05, 0) is 18.8 Å². The number of nitrogens with zero attached hydrogens (tertiary/aromatic N) is 1. The van der Waals surface area contributed by atoms with Crippen LogP contribution in [0.15, 0.2) is 12.1 Å². The maximum atomic E-state index is 14.3. The Morgan fingerprint density at radius 1 is 0.917 bits per heavy atom. The first-order chi connectivity index (χ1) is 10.7. The van der Waals surface area contributed by atoms with E-state index in [1.807, 2.05) is 0 Å². The molecule has 1 aliphatic heterocycles.